The molecule has 0 aliphatic carbocycles. The molecule has 1 heterocycles. The van der Waals surface area contributed by atoms with Gasteiger partial charge in [0.05, 0.1) is 0 Å². The Labute approximate surface area is 139 Å². The van der Waals surface area contributed by atoms with Gasteiger partial charge in [0.25, 0.3) is 0 Å². The van der Waals surface area contributed by atoms with Gasteiger partial charge in [-0.2, -0.15) is 0 Å². The van der Waals surface area contributed by atoms with Crippen LogP contribution in [0.3, 0.4) is 0 Å². The van der Waals surface area contributed by atoms with Crippen LogP contribution in [0.15, 0.2) is 60.9 Å². The summed E-state index contributed by atoms with van der Waals surface area (Å²) in [6.45, 7) is 0.346. The van der Waals surface area contributed by atoms with Crippen LogP contribution in [0.4, 0.5) is 4.79 Å². The standard InChI is InChI=1S/C19H16N2O3/c22-18(17-3-1-2-15-12-20-10-9-16(15)17)14-6-4-13(5-7-14)8-11-21-19(23)24/h1-7,9-10,12,21H,8,11H2,(H,23,24). The van der Waals surface area contributed by atoms with Crippen molar-refractivity contribution in [2.45, 2.75) is 6.42 Å². The Morgan fingerprint density at radius 1 is 1.04 bits per heavy atom. The summed E-state index contributed by atoms with van der Waals surface area (Å²) in [6.07, 6.45) is 2.97. The van der Waals surface area contributed by atoms with E-state index in [1.165, 1.54) is 0 Å². The number of rotatable bonds is 5. The predicted octanol–water partition coefficient (Wildman–Crippen LogP) is 3.28. The summed E-state index contributed by atoms with van der Waals surface area (Å²) in [5.41, 5.74) is 2.23. The Balaban J connectivity index is 1.81. The Morgan fingerprint density at radius 2 is 1.83 bits per heavy atom. The largest absolute Gasteiger partial charge is 0.465 e. The second-order valence-electron chi connectivity index (χ2n) is 5.41. The number of fused-ring (bicyclic) bond motifs is 1. The van der Waals surface area contributed by atoms with E-state index in [0.717, 1.165) is 16.3 Å². The zero-order chi connectivity index (χ0) is 16.9. The van der Waals surface area contributed by atoms with Gasteiger partial charge in [-0.3, -0.25) is 9.78 Å². The van der Waals surface area contributed by atoms with Gasteiger partial charge in [-0.05, 0) is 23.4 Å². The van der Waals surface area contributed by atoms with E-state index in [2.05, 4.69) is 10.3 Å². The van der Waals surface area contributed by atoms with Gasteiger partial charge in [-0.25, -0.2) is 4.79 Å². The van der Waals surface area contributed by atoms with Crippen LogP contribution >= 0.6 is 0 Å². The first-order valence-corrected chi connectivity index (χ1v) is 7.58. The van der Waals surface area contributed by atoms with E-state index in [4.69, 9.17) is 5.11 Å². The highest BCUT2D eigenvalue weighted by Gasteiger charge is 2.12. The summed E-state index contributed by atoms with van der Waals surface area (Å²) < 4.78 is 0. The number of nitrogens with zero attached hydrogens (tertiary/aromatic N) is 1. The monoisotopic (exact) mass is 320 g/mol. The van der Waals surface area contributed by atoms with Gasteiger partial charge in [-0.15, -0.1) is 0 Å². The molecule has 5 heteroatoms. The lowest BCUT2D eigenvalue weighted by Gasteiger charge is -2.07. The Bertz CT molecular complexity index is 883. The molecule has 5 nitrogen and oxygen atoms in total. The smallest absolute Gasteiger partial charge is 0.404 e. The zero-order valence-electron chi connectivity index (χ0n) is 12.9. The van der Waals surface area contributed by atoms with Crippen LogP contribution in [-0.2, 0) is 6.42 Å². The number of hydrogen-bond donors (Lipinski definition) is 2. The summed E-state index contributed by atoms with van der Waals surface area (Å²) >= 11 is 0. The van der Waals surface area contributed by atoms with Gasteiger partial charge >= 0.3 is 6.09 Å². The molecule has 0 fully saturated rings. The Morgan fingerprint density at radius 3 is 2.58 bits per heavy atom. The van der Waals surface area contributed by atoms with Crippen molar-refractivity contribution in [1.29, 1.82) is 0 Å². The average molecular weight is 320 g/mol. The van der Waals surface area contributed by atoms with Gasteiger partial charge in [0.2, 0.25) is 0 Å². The summed E-state index contributed by atoms with van der Waals surface area (Å²) in [6, 6.07) is 14.7. The molecular weight excluding hydrogens is 304 g/mol. The maximum Gasteiger partial charge on any atom is 0.404 e. The van der Waals surface area contributed by atoms with E-state index in [9.17, 15) is 9.59 Å². The van der Waals surface area contributed by atoms with Crippen molar-refractivity contribution in [2.75, 3.05) is 6.54 Å². The van der Waals surface area contributed by atoms with Crippen LogP contribution in [0, 0.1) is 0 Å². The fraction of sp³-hybridized carbons (Fsp3) is 0.105. The van der Waals surface area contributed by atoms with Crippen molar-refractivity contribution in [2.24, 2.45) is 0 Å². The van der Waals surface area contributed by atoms with Crippen LogP contribution in [-0.4, -0.2) is 28.5 Å². The van der Waals surface area contributed by atoms with Crippen LogP contribution < -0.4 is 5.32 Å². The molecule has 1 amide bonds. The molecule has 2 N–H and O–H groups in total. The number of carbonyl (C=O) groups is 2. The van der Waals surface area contributed by atoms with Crippen molar-refractivity contribution >= 4 is 22.6 Å². The molecule has 0 saturated heterocycles. The molecular formula is C19H16N2O3. The molecule has 2 aromatic carbocycles. The van der Waals surface area contributed by atoms with Crippen LogP contribution in [0.5, 0.6) is 0 Å². The lowest BCUT2D eigenvalue weighted by atomic mass is 9.97. The molecule has 0 aliphatic rings. The van der Waals surface area contributed by atoms with E-state index >= 15 is 0 Å². The number of ketones is 1. The van der Waals surface area contributed by atoms with Gasteiger partial charge in [0, 0.05) is 35.5 Å². The molecule has 0 saturated carbocycles. The van der Waals surface area contributed by atoms with E-state index in [1.54, 1.807) is 24.5 Å². The van der Waals surface area contributed by atoms with E-state index in [1.807, 2.05) is 36.4 Å². The number of hydrogen-bond acceptors (Lipinski definition) is 3. The number of benzene rings is 2. The lowest BCUT2D eigenvalue weighted by molar-refractivity contribution is 0.104. The first kappa shape index (κ1) is 15.7. The first-order chi connectivity index (χ1) is 11.6. The molecule has 1 aromatic heterocycles. The number of carboxylic acid groups (broad SMARTS) is 1. The van der Waals surface area contributed by atoms with E-state index in [0.29, 0.717) is 24.1 Å². The minimum absolute atomic E-state index is 0.0398. The maximum absolute atomic E-state index is 12.8. The summed E-state index contributed by atoms with van der Waals surface area (Å²) in [7, 11) is 0. The lowest BCUT2D eigenvalue weighted by Crippen LogP contribution is -2.23. The predicted molar refractivity (Wildman–Crippen MR) is 91.3 cm³/mol. The summed E-state index contributed by atoms with van der Waals surface area (Å²) in [5, 5.41) is 12.7. The number of aromatic nitrogens is 1. The van der Waals surface area contributed by atoms with Crippen molar-refractivity contribution in [1.82, 2.24) is 10.3 Å². The highest BCUT2D eigenvalue weighted by molar-refractivity contribution is 6.16. The summed E-state index contributed by atoms with van der Waals surface area (Å²) in [4.78, 5) is 27.3. The van der Waals surface area contributed by atoms with Crippen molar-refractivity contribution in [3.63, 3.8) is 0 Å². The molecule has 24 heavy (non-hydrogen) atoms. The second-order valence-corrected chi connectivity index (χ2v) is 5.41. The minimum atomic E-state index is -1.03. The third-order valence-electron chi connectivity index (χ3n) is 3.83. The van der Waals surface area contributed by atoms with Crippen molar-refractivity contribution in [3.8, 4) is 0 Å². The third-order valence-corrected chi connectivity index (χ3v) is 3.83. The average Bonchev–Trinajstić information content (AvgIpc) is 2.61. The fourth-order valence-corrected chi connectivity index (χ4v) is 2.61. The molecule has 0 aliphatic heterocycles. The van der Waals surface area contributed by atoms with Crippen molar-refractivity contribution in [3.05, 3.63) is 77.6 Å². The Hall–Kier alpha value is -3.21. The highest BCUT2D eigenvalue weighted by Crippen LogP contribution is 2.21. The minimum Gasteiger partial charge on any atom is -0.465 e. The van der Waals surface area contributed by atoms with Crippen LogP contribution in [0.1, 0.15) is 21.5 Å². The first-order valence-electron chi connectivity index (χ1n) is 7.58. The van der Waals surface area contributed by atoms with Crippen molar-refractivity contribution < 1.29 is 14.7 Å². The molecule has 0 spiro atoms. The number of amides is 1. The normalized spacial score (nSPS) is 10.5. The fourth-order valence-electron chi connectivity index (χ4n) is 2.61. The van der Waals surface area contributed by atoms with Gasteiger partial charge in [-0.1, -0.05) is 42.5 Å². The van der Waals surface area contributed by atoms with E-state index < -0.39 is 6.09 Å². The van der Waals surface area contributed by atoms with Gasteiger partial charge in [0.1, 0.15) is 0 Å². The van der Waals surface area contributed by atoms with Crippen LogP contribution in [0.2, 0.25) is 0 Å². The SMILES string of the molecule is O=C(O)NCCc1ccc(C(=O)c2cccc3cnccc23)cc1. The number of carbonyl (C=O) groups excluding carboxylic acids is 1. The highest BCUT2D eigenvalue weighted by atomic mass is 16.4. The molecule has 0 radical (unpaired) electrons. The Kier molecular flexibility index (Phi) is 4.52. The molecule has 3 rings (SSSR count). The number of pyridine rings is 1. The zero-order valence-corrected chi connectivity index (χ0v) is 12.9. The molecule has 0 atom stereocenters. The molecule has 120 valence electrons. The van der Waals surface area contributed by atoms with E-state index in [-0.39, 0.29) is 5.78 Å². The summed E-state index contributed by atoms with van der Waals surface area (Å²) in [5.74, 6) is -0.0398. The topological polar surface area (TPSA) is 79.3 Å². The number of nitrogens with one attached hydrogen (secondary N) is 1. The second kappa shape index (κ2) is 6.91. The maximum atomic E-state index is 12.8. The molecule has 0 bridgehead atoms. The van der Waals surface area contributed by atoms with Gasteiger partial charge in [0.15, 0.2) is 5.78 Å². The molecule has 0 unspecified atom stereocenters. The molecule has 3 aromatic rings. The quantitative estimate of drug-likeness (QED) is 0.707. The van der Waals surface area contributed by atoms with Crippen LogP contribution in [0.25, 0.3) is 10.8 Å². The van der Waals surface area contributed by atoms with Gasteiger partial charge < -0.3 is 10.4 Å². The third kappa shape index (κ3) is 3.41.